The van der Waals surface area contributed by atoms with E-state index in [1.807, 2.05) is 48.5 Å². The van der Waals surface area contributed by atoms with E-state index >= 15 is 0 Å². The van der Waals surface area contributed by atoms with Gasteiger partial charge in [-0.05, 0) is 35.1 Å². The molecule has 1 saturated carbocycles. The fourth-order valence-corrected chi connectivity index (χ4v) is 7.80. The molecule has 34 heavy (non-hydrogen) atoms. The van der Waals surface area contributed by atoms with Crippen LogP contribution >= 0.6 is 23.2 Å². The van der Waals surface area contributed by atoms with Crippen molar-refractivity contribution < 1.29 is 14.4 Å². The first-order valence-corrected chi connectivity index (χ1v) is 12.9. The van der Waals surface area contributed by atoms with Crippen LogP contribution in [0.15, 0.2) is 48.5 Å². The molecular formula is C27H26Cl2N2O3. The van der Waals surface area contributed by atoms with Crippen molar-refractivity contribution in [1.82, 2.24) is 10.2 Å². The highest BCUT2D eigenvalue weighted by atomic mass is 35.5. The molecule has 4 aliphatic carbocycles. The standard InChI is InChI=1S/C27H26Cl2N2O3/c28-26-17-10-4-5-11-18(17)27(29,20-13-7-6-12-19(20)26)23-22(26)24(33)31(25(23)34)15-14-21(32)30-16-8-2-1-3-9-16/h4-7,10-13,16,22-23H,1-3,8-9,14-15H2,(H,30,32)/t22-,23-,26?,27?/m0/s1. The lowest BCUT2D eigenvalue weighted by Crippen LogP contribution is -2.57. The summed E-state index contributed by atoms with van der Waals surface area (Å²) < 4.78 is 0. The third kappa shape index (κ3) is 2.83. The molecule has 1 N–H and O–H groups in total. The minimum absolute atomic E-state index is 0.0375. The quantitative estimate of drug-likeness (QED) is 0.503. The van der Waals surface area contributed by atoms with Crippen LogP contribution in [0.1, 0.15) is 60.8 Å². The largest absolute Gasteiger partial charge is 0.353 e. The summed E-state index contributed by atoms with van der Waals surface area (Å²) in [7, 11) is 0. The average molecular weight is 497 g/mol. The van der Waals surface area contributed by atoms with Crippen molar-refractivity contribution in [3.05, 3.63) is 70.8 Å². The second kappa shape index (κ2) is 7.82. The summed E-state index contributed by atoms with van der Waals surface area (Å²) in [6.07, 6.45) is 5.49. The number of alkyl halides is 2. The van der Waals surface area contributed by atoms with Gasteiger partial charge >= 0.3 is 0 Å². The van der Waals surface area contributed by atoms with E-state index in [0.29, 0.717) is 0 Å². The molecule has 176 valence electrons. The summed E-state index contributed by atoms with van der Waals surface area (Å²) in [6.45, 7) is 0.0375. The van der Waals surface area contributed by atoms with Crippen LogP contribution in [-0.4, -0.2) is 35.2 Å². The van der Waals surface area contributed by atoms with E-state index in [9.17, 15) is 14.4 Å². The second-order valence-electron chi connectivity index (χ2n) is 9.95. The van der Waals surface area contributed by atoms with Gasteiger partial charge in [-0.25, -0.2) is 0 Å². The fourth-order valence-electron chi connectivity index (χ4n) is 6.71. The number of rotatable bonds is 4. The van der Waals surface area contributed by atoms with Crippen LogP contribution in [0.4, 0.5) is 0 Å². The van der Waals surface area contributed by atoms with Crippen LogP contribution in [0.25, 0.3) is 0 Å². The van der Waals surface area contributed by atoms with Gasteiger partial charge in [-0.1, -0.05) is 67.8 Å². The minimum atomic E-state index is -1.18. The van der Waals surface area contributed by atoms with Gasteiger partial charge in [-0.3, -0.25) is 19.3 Å². The lowest BCUT2D eigenvalue weighted by Gasteiger charge is -2.54. The van der Waals surface area contributed by atoms with E-state index in [4.69, 9.17) is 23.2 Å². The van der Waals surface area contributed by atoms with Gasteiger partial charge in [0.25, 0.3) is 0 Å². The van der Waals surface area contributed by atoms with Crippen LogP contribution in [-0.2, 0) is 24.1 Å². The molecule has 1 saturated heterocycles. The van der Waals surface area contributed by atoms with Gasteiger partial charge in [0.1, 0.15) is 9.75 Å². The Morgan fingerprint density at radius 1 is 0.824 bits per heavy atom. The molecule has 2 aromatic rings. The molecule has 0 radical (unpaired) electrons. The Hall–Kier alpha value is -2.37. The molecule has 2 atom stereocenters. The highest BCUT2D eigenvalue weighted by Crippen LogP contribution is 2.69. The predicted molar refractivity (Wildman–Crippen MR) is 129 cm³/mol. The van der Waals surface area contributed by atoms with E-state index < -0.39 is 21.6 Å². The number of hydrogen-bond acceptors (Lipinski definition) is 3. The molecular weight excluding hydrogens is 471 g/mol. The number of benzene rings is 2. The van der Waals surface area contributed by atoms with Gasteiger partial charge in [0.05, 0.1) is 11.8 Å². The van der Waals surface area contributed by atoms with Crippen molar-refractivity contribution >= 4 is 40.9 Å². The first-order chi connectivity index (χ1) is 16.4. The zero-order chi connectivity index (χ0) is 23.7. The number of nitrogens with one attached hydrogen (secondary N) is 1. The summed E-state index contributed by atoms with van der Waals surface area (Å²) >= 11 is 14.8. The van der Waals surface area contributed by atoms with Gasteiger partial charge in [0.2, 0.25) is 17.7 Å². The summed E-state index contributed by atoms with van der Waals surface area (Å²) in [4.78, 5) is 39.0. The van der Waals surface area contributed by atoms with Crippen LogP contribution in [0.3, 0.4) is 0 Å². The smallest absolute Gasteiger partial charge is 0.235 e. The third-order valence-corrected chi connectivity index (χ3v) is 9.49. The second-order valence-corrected chi connectivity index (χ2v) is 11.1. The number of carbonyl (C=O) groups is 3. The molecule has 7 heteroatoms. The number of hydrogen-bond donors (Lipinski definition) is 1. The van der Waals surface area contributed by atoms with E-state index in [2.05, 4.69) is 5.32 Å². The lowest BCUT2D eigenvalue weighted by atomic mass is 9.54. The maximum Gasteiger partial charge on any atom is 0.235 e. The fraction of sp³-hybridized carbons (Fsp3) is 0.444. The molecule has 3 amide bonds. The van der Waals surface area contributed by atoms with E-state index in [1.165, 1.54) is 11.3 Å². The van der Waals surface area contributed by atoms with E-state index in [-0.39, 0.29) is 36.7 Å². The Labute approximate surface area is 208 Å². The highest BCUT2D eigenvalue weighted by Gasteiger charge is 2.72. The zero-order valence-corrected chi connectivity index (χ0v) is 20.2. The van der Waals surface area contributed by atoms with Crippen molar-refractivity contribution in [2.24, 2.45) is 11.8 Å². The first-order valence-electron chi connectivity index (χ1n) is 12.1. The Morgan fingerprint density at radius 3 is 1.71 bits per heavy atom. The minimum Gasteiger partial charge on any atom is -0.353 e. The number of imide groups is 1. The number of nitrogens with zero attached hydrogens (tertiary/aromatic N) is 1. The Bertz CT molecular complexity index is 1080. The zero-order valence-electron chi connectivity index (χ0n) is 18.7. The molecule has 1 aliphatic heterocycles. The van der Waals surface area contributed by atoms with E-state index in [1.54, 1.807) is 0 Å². The Kier molecular flexibility index (Phi) is 5.09. The summed E-state index contributed by atoms with van der Waals surface area (Å²) in [5.74, 6) is -2.44. The van der Waals surface area contributed by atoms with Gasteiger partial charge < -0.3 is 5.32 Å². The van der Waals surface area contributed by atoms with Crippen LogP contribution in [0.5, 0.6) is 0 Å². The van der Waals surface area contributed by atoms with Crippen molar-refractivity contribution in [3.8, 4) is 0 Å². The molecule has 2 bridgehead atoms. The predicted octanol–water partition coefficient (Wildman–Crippen LogP) is 4.42. The van der Waals surface area contributed by atoms with Crippen LogP contribution < -0.4 is 5.32 Å². The lowest BCUT2D eigenvalue weighted by molar-refractivity contribution is -0.140. The molecule has 0 unspecified atom stereocenters. The van der Waals surface area contributed by atoms with Gasteiger partial charge in [-0.2, -0.15) is 0 Å². The van der Waals surface area contributed by atoms with E-state index in [0.717, 1.165) is 47.9 Å². The SMILES string of the molecule is O=C(CCN1C(=O)[C@@H]2[C@@H](C1=O)C1(Cl)c3ccccc3C2(Cl)c2ccccc21)NC1CCCCC1. The summed E-state index contributed by atoms with van der Waals surface area (Å²) in [5, 5.41) is 3.07. The topological polar surface area (TPSA) is 66.5 Å². The Morgan fingerprint density at radius 2 is 1.26 bits per heavy atom. The molecule has 2 fully saturated rings. The maximum atomic E-state index is 13.7. The number of likely N-dealkylation sites (tertiary alicyclic amines) is 1. The number of halogens is 2. The normalized spacial score (nSPS) is 31.8. The van der Waals surface area contributed by atoms with Gasteiger partial charge in [0, 0.05) is 19.0 Å². The average Bonchev–Trinajstić information content (AvgIpc) is 3.12. The molecule has 7 rings (SSSR count). The third-order valence-electron chi connectivity index (χ3n) is 8.21. The van der Waals surface area contributed by atoms with Crippen molar-refractivity contribution in [1.29, 1.82) is 0 Å². The molecule has 5 aliphatic rings. The van der Waals surface area contributed by atoms with Crippen LogP contribution in [0, 0.1) is 11.8 Å². The van der Waals surface area contributed by atoms with Gasteiger partial charge in [0.15, 0.2) is 0 Å². The molecule has 0 spiro atoms. The molecule has 0 aromatic heterocycles. The number of amides is 3. The number of carbonyl (C=O) groups excluding carboxylic acids is 3. The van der Waals surface area contributed by atoms with Gasteiger partial charge in [-0.15, -0.1) is 23.2 Å². The maximum absolute atomic E-state index is 13.7. The monoisotopic (exact) mass is 496 g/mol. The molecule has 5 nitrogen and oxygen atoms in total. The first kappa shape index (κ1) is 22.1. The summed E-state index contributed by atoms with van der Waals surface area (Å²) in [6, 6.07) is 15.4. The van der Waals surface area contributed by atoms with Crippen LogP contribution in [0.2, 0.25) is 0 Å². The van der Waals surface area contributed by atoms with Crippen molar-refractivity contribution in [2.45, 2.75) is 54.3 Å². The highest BCUT2D eigenvalue weighted by molar-refractivity contribution is 6.36. The summed E-state index contributed by atoms with van der Waals surface area (Å²) in [5.41, 5.74) is 3.13. The molecule has 1 heterocycles. The van der Waals surface area contributed by atoms with Crippen molar-refractivity contribution in [2.75, 3.05) is 6.54 Å². The Balaban J connectivity index is 1.34. The molecule has 2 aromatic carbocycles. The van der Waals surface area contributed by atoms with Crippen molar-refractivity contribution in [3.63, 3.8) is 0 Å².